The fourth-order valence-electron chi connectivity index (χ4n) is 4.53. The van der Waals surface area contributed by atoms with Crippen molar-refractivity contribution in [1.29, 1.82) is 0 Å². The molecule has 0 bridgehead atoms. The number of nitro groups is 2. The van der Waals surface area contributed by atoms with Crippen LogP contribution in [0.1, 0.15) is 101 Å². The Morgan fingerprint density at radius 2 is 1.55 bits per heavy atom. The van der Waals surface area contributed by atoms with E-state index < -0.39 is 39.2 Å². The van der Waals surface area contributed by atoms with Crippen molar-refractivity contribution in [3.05, 3.63) is 67.8 Å². The lowest BCUT2D eigenvalue weighted by Crippen LogP contribution is -2.11. The zero-order chi connectivity index (χ0) is 30.9. The minimum absolute atomic E-state index is 0.0115. The second kappa shape index (κ2) is 18.7. The molecule has 12 heteroatoms. The highest BCUT2D eigenvalue weighted by atomic mass is 32.2. The van der Waals surface area contributed by atoms with Crippen LogP contribution in [0.4, 0.5) is 11.4 Å². The van der Waals surface area contributed by atoms with Gasteiger partial charge in [0.2, 0.25) is 5.91 Å². The van der Waals surface area contributed by atoms with Gasteiger partial charge in [-0.2, -0.15) is 0 Å². The van der Waals surface area contributed by atoms with Gasteiger partial charge in [0, 0.05) is 24.7 Å². The fraction of sp³-hybridized carbons (Fsp3) is 0.533. The standard InChI is InChI=1S/C30H41N3O8S/c1-2-3-4-5-6-7-8-11-22-14-16-23(17-15-22)26(12-9-10-13-30(35)36)41-27-21-28(42-19-18-29(31)34)25(33(39)40)20-24(27)32(37)38/h14-17,20-21,26H,2-13,18-19H2,1H3,(H2,31,34)(H,35,36). The maximum absolute atomic E-state index is 11.9. The van der Waals surface area contributed by atoms with Crippen LogP contribution in [0.15, 0.2) is 41.3 Å². The van der Waals surface area contributed by atoms with Crippen LogP contribution in [-0.4, -0.2) is 32.6 Å². The molecule has 0 aliphatic rings. The highest BCUT2D eigenvalue weighted by molar-refractivity contribution is 7.99. The third-order valence-electron chi connectivity index (χ3n) is 6.84. The van der Waals surface area contributed by atoms with Gasteiger partial charge in [-0.05, 0) is 43.2 Å². The summed E-state index contributed by atoms with van der Waals surface area (Å²) in [4.78, 5) is 44.4. The van der Waals surface area contributed by atoms with Gasteiger partial charge >= 0.3 is 11.7 Å². The number of unbranched alkanes of at least 4 members (excludes halogenated alkanes) is 7. The fourth-order valence-corrected chi connectivity index (χ4v) is 5.53. The summed E-state index contributed by atoms with van der Waals surface area (Å²) in [6, 6.07) is 9.98. The topological polar surface area (TPSA) is 176 Å². The molecule has 0 aliphatic carbocycles. The predicted octanol–water partition coefficient (Wildman–Crippen LogP) is 7.53. The van der Waals surface area contributed by atoms with Crippen LogP contribution in [0.25, 0.3) is 0 Å². The van der Waals surface area contributed by atoms with Gasteiger partial charge in [-0.15, -0.1) is 11.8 Å². The molecule has 230 valence electrons. The second-order valence-electron chi connectivity index (χ2n) is 10.2. The first-order chi connectivity index (χ1) is 20.1. The smallest absolute Gasteiger partial charge is 0.317 e. The summed E-state index contributed by atoms with van der Waals surface area (Å²) in [5.74, 6) is -1.46. The Hall–Kier alpha value is -3.67. The molecule has 0 radical (unpaired) electrons. The number of ether oxygens (including phenoxy) is 1. The van der Waals surface area contributed by atoms with Crippen molar-refractivity contribution >= 4 is 35.0 Å². The van der Waals surface area contributed by atoms with Crippen molar-refractivity contribution in [3.8, 4) is 5.75 Å². The van der Waals surface area contributed by atoms with Crippen molar-refractivity contribution in [2.75, 3.05) is 5.75 Å². The van der Waals surface area contributed by atoms with Crippen LogP contribution in [0, 0.1) is 20.2 Å². The van der Waals surface area contributed by atoms with E-state index in [9.17, 15) is 29.8 Å². The van der Waals surface area contributed by atoms with Gasteiger partial charge in [-0.3, -0.25) is 29.8 Å². The highest BCUT2D eigenvalue weighted by Crippen LogP contribution is 2.42. The van der Waals surface area contributed by atoms with Crippen molar-refractivity contribution in [2.24, 2.45) is 5.73 Å². The number of aliphatic carboxylic acids is 1. The molecule has 11 nitrogen and oxygen atoms in total. The van der Waals surface area contributed by atoms with Crippen LogP contribution in [0.2, 0.25) is 0 Å². The average molecular weight is 604 g/mol. The number of carbonyl (C=O) groups excluding carboxylic acids is 1. The molecule has 0 aromatic heterocycles. The van der Waals surface area contributed by atoms with Gasteiger partial charge in [0.05, 0.1) is 20.8 Å². The number of hydrogen-bond donors (Lipinski definition) is 2. The molecule has 42 heavy (non-hydrogen) atoms. The normalized spacial score (nSPS) is 11.6. The molecular weight excluding hydrogens is 562 g/mol. The zero-order valence-electron chi connectivity index (χ0n) is 24.1. The lowest BCUT2D eigenvalue weighted by molar-refractivity contribution is -0.396. The minimum atomic E-state index is -0.911. The van der Waals surface area contributed by atoms with E-state index in [-0.39, 0.29) is 29.2 Å². The van der Waals surface area contributed by atoms with Gasteiger partial charge in [-0.25, -0.2) is 0 Å². The Morgan fingerprint density at radius 3 is 2.14 bits per heavy atom. The summed E-state index contributed by atoms with van der Waals surface area (Å²) in [5.41, 5.74) is 6.11. The van der Waals surface area contributed by atoms with Crippen LogP contribution < -0.4 is 10.5 Å². The largest absolute Gasteiger partial charge is 0.481 e. The lowest BCUT2D eigenvalue weighted by atomic mass is 9.99. The Morgan fingerprint density at radius 1 is 0.905 bits per heavy atom. The molecule has 0 spiro atoms. The number of rotatable bonds is 22. The molecule has 0 fully saturated rings. The number of nitrogens with two attached hydrogens (primary N) is 1. The van der Waals surface area contributed by atoms with E-state index in [4.69, 9.17) is 15.6 Å². The summed E-state index contributed by atoms with van der Waals surface area (Å²) in [5, 5.41) is 32.5. The first-order valence-electron chi connectivity index (χ1n) is 14.5. The molecule has 1 atom stereocenters. The van der Waals surface area contributed by atoms with Crippen LogP contribution in [0.5, 0.6) is 5.75 Å². The average Bonchev–Trinajstić information content (AvgIpc) is 2.94. The maximum atomic E-state index is 11.9. The van der Waals surface area contributed by atoms with Crippen LogP contribution in [0.3, 0.4) is 0 Å². The van der Waals surface area contributed by atoms with E-state index in [0.29, 0.717) is 19.3 Å². The van der Waals surface area contributed by atoms with Gasteiger partial charge in [-0.1, -0.05) is 69.7 Å². The number of nitrogens with zero attached hydrogens (tertiary/aromatic N) is 2. The number of carboxylic acids is 1. The molecule has 0 aliphatic heterocycles. The van der Waals surface area contributed by atoms with Crippen molar-refractivity contribution in [1.82, 2.24) is 0 Å². The molecular formula is C30H41N3O8S. The van der Waals surface area contributed by atoms with Crippen molar-refractivity contribution in [3.63, 3.8) is 0 Å². The summed E-state index contributed by atoms with van der Waals surface area (Å²) in [6.07, 6.45) is 10.1. The van der Waals surface area contributed by atoms with E-state index in [2.05, 4.69) is 6.92 Å². The molecule has 0 saturated heterocycles. The number of primary amides is 1. The van der Waals surface area contributed by atoms with E-state index in [1.54, 1.807) is 0 Å². The van der Waals surface area contributed by atoms with Crippen molar-refractivity contribution in [2.45, 2.75) is 101 Å². The zero-order valence-corrected chi connectivity index (χ0v) is 24.9. The third-order valence-corrected chi connectivity index (χ3v) is 7.88. The SMILES string of the molecule is CCCCCCCCCc1ccc(C(CCCCC(=O)O)Oc2cc(SCCC(N)=O)c([N+](=O)[O-])cc2[N+](=O)[O-])cc1. The summed E-state index contributed by atoms with van der Waals surface area (Å²) in [7, 11) is 0. The quantitative estimate of drug-likeness (QED) is 0.0596. The Balaban J connectivity index is 2.26. The van der Waals surface area contributed by atoms with Gasteiger partial charge < -0.3 is 15.6 Å². The lowest BCUT2D eigenvalue weighted by Gasteiger charge is -2.20. The van der Waals surface area contributed by atoms with Crippen LogP contribution >= 0.6 is 11.8 Å². The summed E-state index contributed by atoms with van der Waals surface area (Å²) >= 11 is 0.992. The third kappa shape index (κ3) is 12.5. The molecule has 2 aromatic carbocycles. The Labute approximate surface area is 250 Å². The second-order valence-corrected chi connectivity index (χ2v) is 11.4. The summed E-state index contributed by atoms with van der Waals surface area (Å²) in [6.45, 7) is 2.20. The number of aryl methyl sites for hydroxylation is 1. The number of nitro benzene ring substituents is 2. The first kappa shape index (κ1) is 34.5. The van der Waals surface area contributed by atoms with E-state index in [1.807, 2.05) is 24.3 Å². The van der Waals surface area contributed by atoms with Gasteiger partial charge in [0.1, 0.15) is 6.10 Å². The number of carboxylic acid groups (broad SMARTS) is 1. The monoisotopic (exact) mass is 603 g/mol. The number of hydrogen-bond acceptors (Lipinski definition) is 8. The Kier molecular flexibility index (Phi) is 15.4. The summed E-state index contributed by atoms with van der Waals surface area (Å²) < 4.78 is 6.17. The Bertz CT molecular complexity index is 1190. The number of benzene rings is 2. The van der Waals surface area contributed by atoms with Crippen LogP contribution in [-0.2, 0) is 16.0 Å². The molecule has 0 saturated carbocycles. The number of amides is 1. The van der Waals surface area contributed by atoms with Gasteiger partial charge in [0.15, 0.2) is 5.75 Å². The maximum Gasteiger partial charge on any atom is 0.317 e. The first-order valence-corrected chi connectivity index (χ1v) is 15.5. The molecule has 0 heterocycles. The number of carbonyl (C=O) groups is 2. The van der Waals surface area contributed by atoms with E-state index in [1.165, 1.54) is 50.2 Å². The molecule has 2 aromatic rings. The van der Waals surface area contributed by atoms with E-state index >= 15 is 0 Å². The molecule has 1 amide bonds. The molecule has 1 unspecified atom stereocenters. The minimum Gasteiger partial charge on any atom is -0.481 e. The van der Waals surface area contributed by atoms with E-state index in [0.717, 1.165) is 36.2 Å². The predicted molar refractivity (Wildman–Crippen MR) is 162 cm³/mol. The van der Waals surface area contributed by atoms with Crippen molar-refractivity contribution < 1.29 is 29.3 Å². The molecule has 3 N–H and O–H groups in total. The van der Waals surface area contributed by atoms with Gasteiger partial charge in [0.25, 0.3) is 5.69 Å². The molecule has 2 rings (SSSR count). The number of thioether (sulfide) groups is 1. The highest BCUT2D eigenvalue weighted by Gasteiger charge is 2.28.